The molecule has 0 spiro atoms. The van der Waals surface area contributed by atoms with E-state index in [4.69, 9.17) is 4.98 Å². The molecule has 3 heteroatoms. The van der Waals surface area contributed by atoms with Crippen LogP contribution < -0.4 is 10.6 Å². The molecule has 1 heterocycles. The number of hydrogen-bond acceptors (Lipinski definition) is 3. The average molecular weight is 263 g/mol. The second kappa shape index (κ2) is 6.90. The molecule has 0 aliphatic heterocycles. The summed E-state index contributed by atoms with van der Waals surface area (Å²) in [6, 6.07) is 4.87. The van der Waals surface area contributed by atoms with Crippen LogP contribution in [0.2, 0.25) is 0 Å². The third kappa shape index (κ3) is 6.58. The number of hydrogen-bond donors (Lipinski definition) is 2. The second-order valence-electron chi connectivity index (χ2n) is 6.51. The van der Waals surface area contributed by atoms with E-state index in [1.54, 1.807) is 0 Å². The highest BCUT2D eigenvalue weighted by molar-refractivity contribution is 5.41. The van der Waals surface area contributed by atoms with E-state index in [-0.39, 0.29) is 5.54 Å². The maximum atomic E-state index is 4.70. The molecule has 0 radical (unpaired) electrons. The highest BCUT2D eigenvalue weighted by atomic mass is 15.0. The lowest BCUT2D eigenvalue weighted by atomic mass is 10.1. The topological polar surface area (TPSA) is 37.0 Å². The molecule has 0 atom stereocenters. The highest BCUT2D eigenvalue weighted by Crippen LogP contribution is 2.16. The molecule has 0 amide bonds. The van der Waals surface area contributed by atoms with E-state index >= 15 is 0 Å². The van der Waals surface area contributed by atoms with Crippen molar-refractivity contribution in [3.05, 3.63) is 23.4 Å². The summed E-state index contributed by atoms with van der Waals surface area (Å²) in [5.41, 5.74) is 2.52. The number of rotatable bonds is 6. The lowest BCUT2D eigenvalue weighted by Crippen LogP contribution is -2.27. The summed E-state index contributed by atoms with van der Waals surface area (Å²) in [4.78, 5) is 4.70. The first-order valence-electron chi connectivity index (χ1n) is 7.31. The van der Waals surface area contributed by atoms with Gasteiger partial charge in [0.05, 0.1) is 0 Å². The van der Waals surface area contributed by atoms with Gasteiger partial charge < -0.3 is 10.6 Å². The maximum absolute atomic E-state index is 4.70. The number of nitrogens with zero attached hydrogens (tertiary/aromatic N) is 1. The minimum absolute atomic E-state index is 0.0422. The van der Waals surface area contributed by atoms with Crippen molar-refractivity contribution in [1.82, 2.24) is 10.3 Å². The third-order valence-electron chi connectivity index (χ3n) is 2.66. The molecular weight excluding hydrogens is 234 g/mol. The summed E-state index contributed by atoms with van der Waals surface area (Å²) in [5.74, 6) is 0.985. The molecule has 0 saturated heterocycles. The molecule has 0 fully saturated rings. The molecule has 0 aliphatic rings. The van der Waals surface area contributed by atoms with Crippen molar-refractivity contribution in [2.24, 2.45) is 0 Å². The number of pyridine rings is 1. The molecule has 108 valence electrons. The summed E-state index contributed by atoms with van der Waals surface area (Å²) in [6.07, 6.45) is 2.16. The van der Waals surface area contributed by atoms with Gasteiger partial charge in [0.2, 0.25) is 0 Å². The lowest BCUT2D eigenvalue weighted by Gasteiger charge is -2.22. The fraction of sp³-hybridized carbons (Fsp3) is 0.688. The van der Waals surface area contributed by atoms with Crippen LogP contribution in [0.15, 0.2) is 12.1 Å². The molecule has 0 bridgehead atoms. The Hall–Kier alpha value is -1.09. The second-order valence-corrected chi connectivity index (χ2v) is 6.51. The van der Waals surface area contributed by atoms with Gasteiger partial charge in [-0.25, -0.2) is 4.98 Å². The Morgan fingerprint density at radius 1 is 1.21 bits per heavy atom. The Balaban J connectivity index is 2.90. The van der Waals surface area contributed by atoms with Crippen molar-refractivity contribution < 1.29 is 0 Å². The molecule has 3 nitrogen and oxygen atoms in total. The Morgan fingerprint density at radius 3 is 2.42 bits per heavy atom. The van der Waals surface area contributed by atoms with E-state index in [0.717, 1.165) is 25.2 Å². The van der Waals surface area contributed by atoms with Crippen LogP contribution in [0.25, 0.3) is 0 Å². The molecule has 1 aromatic heterocycles. The largest absolute Gasteiger partial charge is 0.365 e. The van der Waals surface area contributed by atoms with Crippen LogP contribution in [0.1, 0.15) is 59.2 Å². The third-order valence-corrected chi connectivity index (χ3v) is 2.66. The number of aryl methyl sites for hydroxylation is 1. The van der Waals surface area contributed by atoms with Crippen molar-refractivity contribution in [2.75, 3.05) is 5.32 Å². The van der Waals surface area contributed by atoms with E-state index in [2.05, 4.69) is 64.3 Å². The van der Waals surface area contributed by atoms with Gasteiger partial charge in [0, 0.05) is 23.8 Å². The zero-order valence-electron chi connectivity index (χ0n) is 13.3. The summed E-state index contributed by atoms with van der Waals surface area (Å²) < 4.78 is 0. The van der Waals surface area contributed by atoms with Gasteiger partial charge in [-0.15, -0.1) is 0 Å². The van der Waals surface area contributed by atoms with Gasteiger partial charge in [0.25, 0.3) is 0 Å². The van der Waals surface area contributed by atoms with E-state index in [0.29, 0.717) is 6.04 Å². The van der Waals surface area contributed by atoms with Gasteiger partial charge >= 0.3 is 0 Å². The molecule has 0 aromatic carbocycles. The minimum Gasteiger partial charge on any atom is -0.365 e. The molecule has 0 saturated carbocycles. The van der Waals surface area contributed by atoms with Gasteiger partial charge in [-0.05, 0) is 44.9 Å². The summed E-state index contributed by atoms with van der Waals surface area (Å²) in [6.45, 7) is 13.9. The van der Waals surface area contributed by atoms with Gasteiger partial charge in [-0.2, -0.15) is 0 Å². The van der Waals surface area contributed by atoms with Crippen LogP contribution in [-0.4, -0.2) is 16.6 Å². The average Bonchev–Trinajstić information content (AvgIpc) is 2.24. The zero-order chi connectivity index (χ0) is 14.5. The first kappa shape index (κ1) is 16.0. The monoisotopic (exact) mass is 263 g/mol. The van der Waals surface area contributed by atoms with Crippen molar-refractivity contribution in [3.63, 3.8) is 0 Å². The van der Waals surface area contributed by atoms with Gasteiger partial charge in [0.15, 0.2) is 0 Å². The zero-order valence-corrected chi connectivity index (χ0v) is 13.3. The van der Waals surface area contributed by atoms with Crippen molar-refractivity contribution in [2.45, 2.75) is 72.5 Å². The van der Waals surface area contributed by atoms with Crippen LogP contribution in [0, 0.1) is 0 Å². The Kier molecular flexibility index (Phi) is 5.80. The van der Waals surface area contributed by atoms with Crippen LogP contribution in [0.3, 0.4) is 0 Å². The van der Waals surface area contributed by atoms with E-state index < -0.39 is 0 Å². The standard InChI is InChI=1S/C16H29N3/c1-7-8-14-9-13(11-17-12(2)3)10-15(18-14)19-16(4,5)6/h9-10,12,17H,7-8,11H2,1-6H3,(H,18,19). The van der Waals surface area contributed by atoms with E-state index in [9.17, 15) is 0 Å². The molecule has 2 N–H and O–H groups in total. The van der Waals surface area contributed by atoms with Crippen molar-refractivity contribution >= 4 is 5.82 Å². The fourth-order valence-corrected chi connectivity index (χ4v) is 1.91. The molecule has 0 aliphatic carbocycles. The number of aromatic nitrogens is 1. The van der Waals surface area contributed by atoms with Crippen LogP contribution in [0.4, 0.5) is 5.82 Å². The maximum Gasteiger partial charge on any atom is 0.126 e. The molecule has 1 aromatic rings. The summed E-state index contributed by atoms with van der Waals surface area (Å²) in [5, 5.41) is 6.93. The molecule has 1 rings (SSSR count). The lowest BCUT2D eigenvalue weighted by molar-refractivity contribution is 0.587. The molecule has 0 unspecified atom stereocenters. The number of anilines is 1. The summed E-state index contributed by atoms with van der Waals surface area (Å²) in [7, 11) is 0. The molecular formula is C16H29N3. The Bertz CT molecular complexity index is 391. The first-order valence-corrected chi connectivity index (χ1v) is 7.31. The van der Waals surface area contributed by atoms with Gasteiger partial charge in [-0.3, -0.25) is 0 Å². The minimum atomic E-state index is 0.0422. The predicted octanol–water partition coefficient (Wildman–Crippen LogP) is 3.74. The van der Waals surface area contributed by atoms with Crippen LogP contribution in [0.5, 0.6) is 0 Å². The van der Waals surface area contributed by atoms with E-state index in [1.807, 2.05) is 0 Å². The Morgan fingerprint density at radius 2 is 1.89 bits per heavy atom. The normalized spacial score (nSPS) is 11.9. The smallest absolute Gasteiger partial charge is 0.126 e. The van der Waals surface area contributed by atoms with E-state index in [1.165, 1.54) is 11.3 Å². The molecule has 19 heavy (non-hydrogen) atoms. The van der Waals surface area contributed by atoms with Gasteiger partial charge in [-0.1, -0.05) is 27.2 Å². The van der Waals surface area contributed by atoms with Crippen molar-refractivity contribution in [1.29, 1.82) is 0 Å². The van der Waals surface area contributed by atoms with Crippen LogP contribution in [-0.2, 0) is 13.0 Å². The number of nitrogens with one attached hydrogen (secondary N) is 2. The van der Waals surface area contributed by atoms with Gasteiger partial charge in [0.1, 0.15) is 5.82 Å². The summed E-state index contributed by atoms with van der Waals surface area (Å²) >= 11 is 0. The van der Waals surface area contributed by atoms with Crippen molar-refractivity contribution in [3.8, 4) is 0 Å². The fourth-order valence-electron chi connectivity index (χ4n) is 1.91. The Labute approximate surface area is 118 Å². The first-order chi connectivity index (χ1) is 8.80. The SMILES string of the molecule is CCCc1cc(CNC(C)C)cc(NC(C)(C)C)n1. The van der Waals surface area contributed by atoms with Crippen LogP contribution >= 0.6 is 0 Å². The quantitative estimate of drug-likeness (QED) is 0.821. The predicted molar refractivity (Wildman–Crippen MR) is 83.6 cm³/mol. The highest BCUT2D eigenvalue weighted by Gasteiger charge is 2.11.